The average molecular weight is 451 g/mol. The Morgan fingerprint density at radius 2 is 0.966 bits per heavy atom. The molecule has 0 fully saturated rings. The van der Waals surface area contributed by atoms with Gasteiger partial charge in [0.25, 0.3) is 0 Å². The van der Waals surface area contributed by atoms with Crippen LogP contribution in [0.5, 0.6) is 0 Å². The van der Waals surface area contributed by atoms with Gasteiger partial charge in [-0.15, -0.1) is 0 Å². The van der Waals surface area contributed by atoms with Gasteiger partial charge >= 0.3 is 35.0 Å². The van der Waals surface area contributed by atoms with E-state index in [0.29, 0.717) is 0 Å². The third-order valence-electron chi connectivity index (χ3n) is 3.54. The van der Waals surface area contributed by atoms with Crippen molar-refractivity contribution in [2.45, 2.75) is 12.8 Å². The van der Waals surface area contributed by atoms with Gasteiger partial charge in [-0.1, -0.05) is 60.7 Å². The molecule has 8 nitrogen and oxygen atoms in total. The fourth-order valence-corrected chi connectivity index (χ4v) is 4.79. The quantitative estimate of drug-likeness (QED) is 0.434. The van der Waals surface area contributed by atoms with E-state index in [1.165, 1.54) is 24.3 Å². The predicted molar refractivity (Wildman–Crippen MR) is 107 cm³/mol. The van der Waals surface area contributed by atoms with Crippen molar-refractivity contribution < 1.29 is 38.7 Å². The van der Waals surface area contributed by atoms with Gasteiger partial charge in [0.2, 0.25) is 0 Å². The molecule has 2 unspecified atom stereocenters. The minimum Gasteiger partial charge on any atom is -0.796 e. The first-order chi connectivity index (χ1) is 13.0. The zero-order valence-corrected chi connectivity index (χ0v) is 18.8. The summed E-state index contributed by atoms with van der Waals surface area (Å²) in [6.07, 6.45) is -1.36. The molecule has 0 radical (unpaired) electrons. The number of hydrogen-bond donors (Lipinski definition) is 2. The second-order valence-corrected chi connectivity index (χ2v) is 10.4. The Balaban J connectivity index is 0.000000523. The van der Waals surface area contributed by atoms with Crippen LogP contribution in [-0.2, 0) is 18.7 Å². The van der Waals surface area contributed by atoms with Gasteiger partial charge in [0.1, 0.15) is 0 Å². The Kier molecular flexibility index (Phi) is 12.3. The zero-order chi connectivity index (χ0) is 21.2. The van der Waals surface area contributed by atoms with Crippen molar-refractivity contribution in [2.24, 2.45) is 0 Å². The minimum absolute atomic E-state index is 0. The van der Waals surface area contributed by atoms with Gasteiger partial charge in [-0.2, -0.15) is 0 Å². The fourth-order valence-electron chi connectivity index (χ4n) is 2.05. The molecule has 29 heavy (non-hydrogen) atoms. The molecule has 0 saturated heterocycles. The standard InChI is InChI=1S/2C9H11O4P.Mg/c2*10-9(11)6-7-14(12,13)8-4-2-1-3-5-8;/h2*1-5H,6-7H2,(H,10,11)(H,12,13);/q;;+2/p-2. The second-order valence-electron chi connectivity index (χ2n) is 5.75. The predicted octanol–water partition coefficient (Wildman–Crippen LogP) is 0.469. The molecule has 11 heteroatoms. The summed E-state index contributed by atoms with van der Waals surface area (Å²) in [4.78, 5) is 43.4. The van der Waals surface area contributed by atoms with Crippen LogP contribution in [-0.4, -0.2) is 57.5 Å². The summed E-state index contributed by atoms with van der Waals surface area (Å²) in [5.74, 6) is -2.20. The van der Waals surface area contributed by atoms with Crippen LogP contribution in [0.1, 0.15) is 12.8 Å². The van der Waals surface area contributed by atoms with Crippen LogP contribution in [0, 0.1) is 0 Å². The van der Waals surface area contributed by atoms with Crippen molar-refractivity contribution in [3.63, 3.8) is 0 Å². The summed E-state index contributed by atoms with van der Waals surface area (Å²) < 4.78 is 23.0. The Labute approximate surface area is 184 Å². The van der Waals surface area contributed by atoms with Crippen molar-refractivity contribution in [3.05, 3.63) is 60.7 Å². The minimum atomic E-state index is -3.73. The molecule has 0 aliphatic heterocycles. The molecule has 0 aliphatic carbocycles. The summed E-state index contributed by atoms with van der Waals surface area (Å²) >= 11 is 0. The van der Waals surface area contributed by atoms with E-state index in [0.717, 1.165) is 0 Å². The number of carbonyl (C=O) groups is 2. The SMILES string of the molecule is O=C(O)CCP(=O)([O-])c1ccccc1.O=C(O)CCP(=O)([O-])c1ccccc1.[Mg+2]. The molecular weight excluding hydrogens is 430 g/mol. The van der Waals surface area contributed by atoms with Crippen LogP contribution in [0.15, 0.2) is 60.7 Å². The number of carboxylic acid groups (broad SMARTS) is 2. The van der Waals surface area contributed by atoms with E-state index in [-0.39, 0.29) is 58.8 Å². The van der Waals surface area contributed by atoms with Crippen molar-refractivity contribution in [1.82, 2.24) is 0 Å². The fraction of sp³-hybridized carbons (Fsp3) is 0.222. The summed E-state index contributed by atoms with van der Waals surface area (Å²) in [5, 5.41) is 17.1. The summed E-state index contributed by atoms with van der Waals surface area (Å²) in [6.45, 7) is 0. The molecule has 0 aliphatic rings. The molecule has 0 saturated carbocycles. The molecule has 152 valence electrons. The van der Waals surface area contributed by atoms with E-state index in [9.17, 15) is 28.5 Å². The van der Waals surface area contributed by atoms with Crippen LogP contribution >= 0.6 is 14.7 Å². The number of aliphatic carboxylic acids is 2. The van der Waals surface area contributed by atoms with Crippen LogP contribution in [0.2, 0.25) is 0 Å². The number of hydrogen-bond acceptors (Lipinski definition) is 6. The smallest absolute Gasteiger partial charge is 0.796 e. The maximum absolute atomic E-state index is 11.5. The van der Waals surface area contributed by atoms with Crippen molar-refractivity contribution >= 4 is 60.3 Å². The molecule has 2 atom stereocenters. The summed E-state index contributed by atoms with van der Waals surface area (Å²) in [5.41, 5.74) is 0. The van der Waals surface area contributed by atoms with Crippen LogP contribution in [0.25, 0.3) is 0 Å². The molecule has 0 aromatic heterocycles. The Hall–Kier alpha value is -1.47. The Morgan fingerprint density at radius 1 is 0.690 bits per heavy atom. The third-order valence-corrected chi connectivity index (χ3v) is 7.33. The van der Waals surface area contributed by atoms with E-state index in [1.807, 2.05) is 0 Å². The average Bonchev–Trinajstić information content (AvgIpc) is 2.67. The molecule has 0 bridgehead atoms. The van der Waals surface area contributed by atoms with E-state index < -0.39 is 26.7 Å². The maximum Gasteiger partial charge on any atom is 2.00 e. The van der Waals surface area contributed by atoms with Crippen molar-refractivity contribution in [2.75, 3.05) is 12.3 Å². The van der Waals surface area contributed by atoms with Crippen LogP contribution < -0.4 is 20.4 Å². The van der Waals surface area contributed by atoms with Gasteiger partial charge in [-0.05, 0) is 10.6 Å². The van der Waals surface area contributed by atoms with E-state index >= 15 is 0 Å². The maximum atomic E-state index is 11.5. The molecular formula is C18H20MgO8P2. The van der Waals surface area contributed by atoms with E-state index in [4.69, 9.17) is 10.2 Å². The van der Waals surface area contributed by atoms with Crippen LogP contribution in [0.4, 0.5) is 0 Å². The largest absolute Gasteiger partial charge is 2.00 e. The second kappa shape index (κ2) is 13.0. The molecule has 2 N–H and O–H groups in total. The first-order valence-electron chi connectivity index (χ1n) is 8.19. The normalized spacial score (nSPS) is 14.1. The summed E-state index contributed by atoms with van der Waals surface area (Å²) in [7, 11) is -7.46. The molecule has 2 aromatic rings. The third kappa shape index (κ3) is 10.8. The number of benzene rings is 2. The first kappa shape index (κ1) is 27.5. The first-order valence-corrected chi connectivity index (χ1v) is 11.8. The van der Waals surface area contributed by atoms with Gasteiger partial charge in [-0.25, -0.2) is 0 Å². The van der Waals surface area contributed by atoms with Gasteiger partial charge in [0.05, 0.1) is 12.8 Å². The van der Waals surface area contributed by atoms with Crippen molar-refractivity contribution in [1.29, 1.82) is 0 Å². The van der Waals surface area contributed by atoms with Gasteiger partial charge in [0, 0.05) is 27.1 Å². The molecule has 0 spiro atoms. The Morgan fingerprint density at radius 3 is 1.21 bits per heavy atom. The van der Waals surface area contributed by atoms with Gasteiger partial charge in [0.15, 0.2) is 0 Å². The number of rotatable bonds is 8. The number of carboxylic acids is 2. The van der Waals surface area contributed by atoms with Gasteiger partial charge < -0.3 is 29.1 Å². The monoisotopic (exact) mass is 450 g/mol. The van der Waals surface area contributed by atoms with E-state index in [1.54, 1.807) is 36.4 Å². The topological polar surface area (TPSA) is 155 Å². The Bertz CT molecular complexity index is 800. The van der Waals surface area contributed by atoms with Crippen LogP contribution in [0.3, 0.4) is 0 Å². The van der Waals surface area contributed by atoms with Crippen molar-refractivity contribution in [3.8, 4) is 0 Å². The van der Waals surface area contributed by atoms with E-state index in [2.05, 4.69) is 0 Å². The molecule has 0 amide bonds. The molecule has 0 heterocycles. The molecule has 2 rings (SSSR count). The summed E-state index contributed by atoms with van der Waals surface area (Å²) in [6, 6.07) is 15.7. The van der Waals surface area contributed by atoms with Gasteiger partial charge in [-0.3, -0.25) is 9.59 Å². The molecule has 2 aromatic carbocycles. The zero-order valence-electron chi connectivity index (χ0n) is 15.5.